The molecule has 2 aromatic rings. The van der Waals surface area contributed by atoms with Crippen molar-refractivity contribution in [2.45, 2.75) is 63.8 Å². The quantitative estimate of drug-likeness (QED) is 0.614. The number of halogens is 1. The van der Waals surface area contributed by atoms with Crippen LogP contribution in [-0.4, -0.2) is 55.5 Å². The molecule has 0 spiro atoms. The van der Waals surface area contributed by atoms with Gasteiger partial charge in [-0.1, -0.05) is 5.21 Å². The zero-order chi connectivity index (χ0) is 23.6. The van der Waals surface area contributed by atoms with E-state index in [0.29, 0.717) is 54.2 Å². The van der Waals surface area contributed by atoms with Gasteiger partial charge in [0.2, 0.25) is 0 Å². The fraction of sp³-hybridized carbons (Fsp3) is 0.591. The van der Waals surface area contributed by atoms with Gasteiger partial charge in [-0.05, 0) is 57.6 Å². The number of rotatable bonds is 8. The third kappa shape index (κ3) is 5.58. The van der Waals surface area contributed by atoms with Gasteiger partial charge >= 0.3 is 12.1 Å². The number of aliphatic carboxylic acids is 1. The fourth-order valence-electron chi connectivity index (χ4n) is 3.92. The van der Waals surface area contributed by atoms with E-state index in [2.05, 4.69) is 20.6 Å². The third-order valence-corrected chi connectivity index (χ3v) is 6.15. The number of alkyl halides is 1. The summed E-state index contributed by atoms with van der Waals surface area (Å²) < 4.78 is 26.2. The van der Waals surface area contributed by atoms with Crippen LogP contribution in [0.4, 0.5) is 9.18 Å². The lowest BCUT2D eigenvalue weighted by atomic mass is 9.87. The zero-order valence-electron chi connectivity index (χ0n) is 18.7. The van der Waals surface area contributed by atoms with E-state index < -0.39 is 17.7 Å². The molecule has 2 aliphatic carbocycles. The van der Waals surface area contributed by atoms with Crippen molar-refractivity contribution in [3.8, 4) is 17.1 Å². The molecule has 33 heavy (non-hydrogen) atoms. The monoisotopic (exact) mass is 461 g/mol. The molecule has 2 aromatic heterocycles. The SMILES string of the molecule is Cc1nc(-c2nnn(C)c2CNC(=O)OCC2(F)CC2)ccc1O[C@H]1CCC[C@H](C(=O)O)C1. The number of amides is 1. The summed E-state index contributed by atoms with van der Waals surface area (Å²) in [5, 5.41) is 20.1. The zero-order valence-corrected chi connectivity index (χ0v) is 18.7. The van der Waals surface area contributed by atoms with E-state index in [9.17, 15) is 19.1 Å². The standard InChI is InChI=1S/C22H28FN5O5/c1-13-18(33-15-5-3-4-14(10-15)20(29)30)7-6-16(25-13)19-17(28(2)27-26-19)11-24-21(31)32-12-22(23)8-9-22/h6-7,14-15H,3-5,8-12H2,1-2H3,(H,24,31)(H,29,30)/t14-,15-/m0/s1. The molecule has 0 aromatic carbocycles. The van der Waals surface area contributed by atoms with E-state index in [1.165, 1.54) is 4.68 Å². The van der Waals surface area contributed by atoms with Gasteiger partial charge in [0.05, 0.1) is 35.6 Å². The van der Waals surface area contributed by atoms with Crippen LogP contribution in [0.15, 0.2) is 12.1 Å². The molecule has 2 atom stereocenters. The van der Waals surface area contributed by atoms with Crippen LogP contribution in [0.3, 0.4) is 0 Å². The summed E-state index contributed by atoms with van der Waals surface area (Å²) in [7, 11) is 1.70. The second kappa shape index (κ2) is 9.32. The van der Waals surface area contributed by atoms with Gasteiger partial charge in [0.15, 0.2) is 0 Å². The number of pyridine rings is 1. The lowest BCUT2D eigenvalue weighted by Crippen LogP contribution is -2.29. The van der Waals surface area contributed by atoms with Crippen molar-refractivity contribution in [3.63, 3.8) is 0 Å². The van der Waals surface area contributed by atoms with Crippen LogP contribution in [0.25, 0.3) is 11.4 Å². The van der Waals surface area contributed by atoms with Gasteiger partial charge in [0.1, 0.15) is 23.7 Å². The number of aromatic nitrogens is 4. The summed E-state index contributed by atoms with van der Waals surface area (Å²) in [5.41, 5.74) is 0.955. The molecule has 11 heteroatoms. The third-order valence-electron chi connectivity index (χ3n) is 6.15. The van der Waals surface area contributed by atoms with Crippen LogP contribution in [0.5, 0.6) is 5.75 Å². The molecule has 0 unspecified atom stereocenters. The Morgan fingerprint density at radius 3 is 2.82 bits per heavy atom. The van der Waals surface area contributed by atoms with E-state index in [4.69, 9.17) is 9.47 Å². The average Bonchev–Trinajstić information content (AvgIpc) is 3.42. The van der Waals surface area contributed by atoms with Crippen LogP contribution in [0, 0.1) is 12.8 Å². The minimum absolute atomic E-state index is 0.0918. The molecule has 10 nitrogen and oxygen atoms in total. The van der Waals surface area contributed by atoms with Crippen LogP contribution < -0.4 is 10.1 Å². The number of carboxylic acids is 1. The van der Waals surface area contributed by atoms with Crippen molar-refractivity contribution < 1.29 is 28.6 Å². The highest BCUT2D eigenvalue weighted by atomic mass is 19.1. The summed E-state index contributed by atoms with van der Waals surface area (Å²) in [6.45, 7) is 1.66. The summed E-state index contributed by atoms with van der Waals surface area (Å²) in [6.07, 6.45) is 2.76. The van der Waals surface area contributed by atoms with E-state index in [-0.39, 0.29) is 25.2 Å². The molecule has 178 valence electrons. The van der Waals surface area contributed by atoms with Crippen molar-refractivity contribution in [2.24, 2.45) is 13.0 Å². The predicted molar refractivity (Wildman–Crippen MR) is 114 cm³/mol. The number of aryl methyl sites for hydroxylation is 2. The molecule has 4 rings (SSSR count). The van der Waals surface area contributed by atoms with Crippen LogP contribution in [0.1, 0.15) is 49.9 Å². The van der Waals surface area contributed by atoms with Crippen molar-refractivity contribution in [1.82, 2.24) is 25.3 Å². The molecule has 2 heterocycles. The van der Waals surface area contributed by atoms with E-state index >= 15 is 0 Å². The molecule has 2 N–H and O–H groups in total. The number of nitrogens with zero attached hydrogens (tertiary/aromatic N) is 4. The number of alkyl carbamates (subject to hydrolysis) is 1. The summed E-state index contributed by atoms with van der Waals surface area (Å²) in [4.78, 5) is 27.8. The van der Waals surface area contributed by atoms with Gasteiger partial charge < -0.3 is 19.9 Å². The summed E-state index contributed by atoms with van der Waals surface area (Å²) in [6, 6.07) is 3.55. The highest BCUT2D eigenvalue weighted by Crippen LogP contribution is 2.39. The molecular weight excluding hydrogens is 433 g/mol. The maximum absolute atomic E-state index is 13.6. The van der Waals surface area contributed by atoms with Crippen LogP contribution in [0.2, 0.25) is 0 Å². The van der Waals surface area contributed by atoms with Crippen molar-refractivity contribution in [1.29, 1.82) is 0 Å². The number of nitrogens with one attached hydrogen (secondary N) is 1. The van der Waals surface area contributed by atoms with Crippen LogP contribution >= 0.6 is 0 Å². The summed E-state index contributed by atoms with van der Waals surface area (Å²) >= 11 is 0. The second-order valence-corrected chi connectivity index (χ2v) is 8.81. The van der Waals surface area contributed by atoms with Gasteiger partial charge in [-0.2, -0.15) is 0 Å². The van der Waals surface area contributed by atoms with Crippen molar-refractivity contribution >= 4 is 12.1 Å². The Kier molecular flexibility index (Phi) is 6.48. The van der Waals surface area contributed by atoms with Gasteiger partial charge in [-0.15, -0.1) is 5.10 Å². The Labute approximate surface area is 190 Å². The highest BCUT2D eigenvalue weighted by molar-refractivity contribution is 5.70. The van der Waals surface area contributed by atoms with E-state index in [0.717, 1.165) is 12.8 Å². The molecule has 0 aliphatic heterocycles. The van der Waals surface area contributed by atoms with E-state index in [1.807, 2.05) is 6.92 Å². The predicted octanol–water partition coefficient (Wildman–Crippen LogP) is 2.94. The fourth-order valence-corrected chi connectivity index (χ4v) is 3.92. The first kappa shape index (κ1) is 22.9. The Hall–Kier alpha value is -3.24. The van der Waals surface area contributed by atoms with Gasteiger partial charge in [0, 0.05) is 7.05 Å². The first-order chi connectivity index (χ1) is 15.7. The first-order valence-corrected chi connectivity index (χ1v) is 11.1. The Bertz CT molecular complexity index is 1040. The largest absolute Gasteiger partial charge is 0.489 e. The molecule has 2 aliphatic rings. The Morgan fingerprint density at radius 2 is 2.12 bits per heavy atom. The molecule has 1 amide bonds. The minimum Gasteiger partial charge on any atom is -0.489 e. The van der Waals surface area contributed by atoms with Crippen molar-refractivity contribution in [2.75, 3.05) is 6.61 Å². The Morgan fingerprint density at radius 1 is 1.33 bits per heavy atom. The lowest BCUT2D eigenvalue weighted by molar-refractivity contribution is -0.143. The van der Waals surface area contributed by atoms with Gasteiger partial charge in [0.25, 0.3) is 0 Å². The number of carbonyl (C=O) groups excluding carboxylic acids is 1. The number of hydrogen-bond donors (Lipinski definition) is 2. The topological polar surface area (TPSA) is 128 Å². The number of hydrogen-bond acceptors (Lipinski definition) is 7. The minimum atomic E-state index is -1.37. The smallest absolute Gasteiger partial charge is 0.407 e. The van der Waals surface area contributed by atoms with E-state index in [1.54, 1.807) is 19.2 Å². The van der Waals surface area contributed by atoms with Gasteiger partial charge in [-0.3, -0.25) is 4.79 Å². The number of carbonyl (C=O) groups is 2. The normalized spacial score (nSPS) is 21.3. The number of ether oxygens (including phenoxy) is 2. The van der Waals surface area contributed by atoms with Gasteiger partial charge in [-0.25, -0.2) is 18.9 Å². The summed E-state index contributed by atoms with van der Waals surface area (Å²) in [5.74, 6) is -0.558. The van der Waals surface area contributed by atoms with Crippen LogP contribution in [-0.2, 0) is 23.1 Å². The molecule has 2 fully saturated rings. The highest BCUT2D eigenvalue weighted by Gasteiger charge is 2.44. The molecule has 0 radical (unpaired) electrons. The molecular formula is C22H28FN5O5. The number of carboxylic acid groups (broad SMARTS) is 1. The molecule has 2 saturated carbocycles. The average molecular weight is 461 g/mol. The molecule has 0 saturated heterocycles. The lowest BCUT2D eigenvalue weighted by Gasteiger charge is -2.27. The maximum atomic E-state index is 13.6. The van der Waals surface area contributed by atoms with Crippen molar-refractivity contribution in [3.05, 3.63) is 23.5 Å². The maximum Gasteiger partial charge on any atom is 0.407 e. The first-order valence-electron chi connectivity index (χ1n) is 11.1. The second-order valence-electron chi connectivity index (χ2n) is 8.81. The Balaban J connectivity index is 1.40. The molecule has 0 bridgehead atoms.